The van der Waals surface area contributed by atoms with Gasteiger partial charge in [-0.25, -0.2) is 0 Å². The number of hydrogen-bond acceptors (Lipinski definition) is 2. The summed E-state index contributed by atoms with van der Waals surface area (Å²) in [5.74, 6) is -0.0919. The van der Waals surface area contributed by atoms with Crippen molar-refractivity contribution in [1.82, 2.24) is 0 Å². The van der Waals surface area contributed by atoms with Gasteiger partial charge in [-0.1, -0.05) is 39.1 Å². The molecule has 17 heavy (non-hydrogen) atoms. The molecule has 0 aliphatic carbocycles. The lowest BCUT2D eigenvalue weighted by molar-refractivity contribution is 0.104. The van der Waals surface area contributed by atoms with Crippen LogP contribution in [0.2, 0.25) is 9.36 Å². The van der Waals surface area contributed by atoms with Crippen molar-refractivity contribution in [2.24, 2.45) is 0 Å². The van der Waals surface area contributed by atoms with Crippen molar-refractivity contribution in [3.8, 4) is 0 Å². The molecule has 0 saturated carbocycles. The Hall–Kier alpha value is 0.130. The molecule has 0 amide bonds. The molecule has 0 aliphatic rings. The molecule has 6 heteroatoms. The van der Waals surface area contributed by atoms with E-state index < -0.39 is 0 Å². The number of ketones is 1. The predicted molar refractivity (Wildman–Crippen MR) is 79.6 cm³/mol. The van der Waals surface area contributed by atoms with E-state index in [1.807, 2.05) is 0 Å². The minimum absolute atomic E-state index is 0.0919. The molecule has 0 bridgehead atoms. The molecule has 0 N–H and O–H groups in total. The van der Waals surface area contributed by atoms with Crippen LogP contribution in [0.1, 0.15) is 15.2 Å². The van der Waals surface area contributed by atoms with E-state index in [4.69, 9.17) is 23.2 Å². The highest BCUT2D eigenvalue weighted by Gasteiger charge is 2.15. The normalized spacial score (nSPS) is 10.6. The Kier molecular flexibility index (Phi) is 4.31. The summed E-state index contributed by atoms with van der Waals surface area (Å²) in [4.78, 5) is 12.7. The summed E-state index contributed by atoms with van der Waals surface area (Å²) in [5, 5.41) is 0.518. The van der Waals surface area contributed by atoms with E-state index in [0.717, 1.165) is 8.95 Å². The molecule has 0 radical (unpaired) electrons. The summed E-state index contributed by atoms with van der Waals surface area (Å²) in [6, 6.07) is 6.81. The van der Waals surface area contributed by atoms with Gasteiger partial charge >= 0.3 is 0 Å². The Balaban J connectivity index is 2.43. The van der Waals surface area contributed by atoms with Crippen LogP contribution in [-0.2, 0) is 0 Å². The summed E-state index contributed by atoms with van der Waals surface area (Å²) in [6.45, 7) is 0. The average Bonchev–Trinajstić information content (AvgIpc) is 2.57. The third-order valence-corrected chi connectivity index (χ3v) is 5.14. The first-order valence-electron chi connectivity index (χ1n) is 4.43. The Labute approximate surface area is 129 Å². The number of halogens is 4. The van der Waals surface area contributed by atoms with E-state index in [1.165, 1.54) is 11.3 Å². The fourth-order valence-corrected chi connectivity index (χ4v) is 3.81. The van der Waals surface area contributed by atoms with Crippen molar-refractivity contribution in [3.63, 3.8) is 0 Å². The van der Waals surface area contributed by atoms with Crippen LogP contribution in [0.15, 0.2) is 33.2 Å². The van der Waals surface area contributed by atoms with E-state index in [9.17, 15) is 4.79 Å². The number of thiophene rings is 1. The molecule has 1 nitrogen and oxygen atoms in total. The van der Waals surface area contributed by atoms with Crippen LogP contribution >= 0.6 is 66.4 Å². The van der Waals surface area contributed by atoms with Gasteiger partial charge in [0.15, 0.2) is 0 Å². The maximum absolute atomic E-state index is 12.2. The number of carbonyl (C=O) groups excluding carboxylic acids is 1. The molecular weight excluding hydrogens is 411 g/mol. The molecule has 1 heterocycles. The molecule has 0 atom stereocenters. The van der Waals surface area contributed by atoms with E-state index in [0.29, 0.717) is 19.8 Å². The lowest BCUT2D eigenvalue weighted by Gasteiger charge is -2.00. The minimum atomic E-state index is -0.0919. The second-order valence-electron chi connectivity index (χ2n) is 3.22. The largest absolute Gasteiger partial charge is 0.288 e. The molecule has 1 aromatic carbocycles. The van der Waals surface area contributed by atoms with Crippen molar-refractivity contribution in [3.05, 3.63) is 53.0 Å². The highest BCUT2D eigenvalue weighted by Crippen LogP contribution is 2.33. The smallest absolute Gasteiger partial charge is 0.203 e. The van der Waals surface area contributed by atoms with Gasteiger partial charge in [0.2, 0.25) is 5.78 Å². The van der Waals surface area contributed by atoms with Gasteiger partial charge in [0.25, 0.3) is 0 Å². The van der Waals surface area contributed by atoms with Crippen molar-refractivity contribution in [2.45, 2.75) is 0 Å². The fourth-order valence-electron chi connectivity index (χ4n) is 1.29. The van der Waals surface area contributed by atoms with Gasteiger partial charge in [0.05, 0.1) is 4.88 Å². The summed E-state index contributed by atoms with van der Waals surface area (Å²) in [6.07, 6.45) is 0. The van der Waals surface area contributed by atoms with E-state index in [2.05, 4.69) is 31.9 Å². The van der Waals surface area contributed by atoms with Crippen LogP contribution in [0.4, 0.5) is 0 Å². The monoisotopic (exact) mass is 412 g/mol. The van der Waals surface area contributed by atoms with Crippen molar-refractivity contribution < 1.29 is 4.79 Å². The SMILES string of the molecule is O=C(c1cc(Cl)cc(Br)c1)c1cc(Br)c(Cl)s1. The van der Waals surface area contributed by atoms with Crippen molar-refractivity contribution in [1.29, 1.82) is 0 Å². The van der Waals surface area contributed by atoms with Crippen LogP contribution < -0.4 is 0 Å². The zero-order valence-electron chi connectivity index (χ0n) is 8.14. The van der Waals surface area contributed by atoms with Crippen LogP contribution in [-0.4, -0.2) is 5.78 Å². The topological polar surface area (TPSA) is 17.1 Å². The molecule has 1 aromatic heterocycles. The minimum Gasteiger partial charge on any atom is -0.288 e. The number of rotatable bonds is 2. The first-order chi connectivity index (χ1) is 7.97. The summed E-state index contributed by atoms with van der Waals surface area (Å²) in [5.41, 5.74) is 0.537. The molecule has 0 fully saturated rings. The van der Waals surface area contributed by atoms with Crippen molar-refractivity contribution in [2.75, 3.05) is 0 Å². The Bertz CT molecular complexity index is 555. The van der Waals surface area contributed by atoms with Gasteiger partial charge in [-0.05, 0) is 40.2 Å². The zero-order valence-corrected chi connectivity index (χ0v) is 13.6. The third-order valence-electron chi connectivity index (χ3n) is 1.99. The van der Waals surface area contributed by atoms with Crippen molar-refractivity contribution >= 4 is 72.2 Å². The highest BCUT2D eigenvalue weighted by atomic mass is 79.9. The van der Waals surface area contributed by atoms with E-state index >= 15 is 0 Å². The van der Waals surface area contributed by atoms with E-state index in [1.54, 1.807) is 24.3 Å². The summed E-state index contributed by atoms with van der Waals surface area (Å²) in [7, 11) is 0. The zero-order chi connectivity index (χ0) is 12.6. The molecule has 0 saturated heterocycles. The number of benzene rings is 1. The maximum atomic E-state index is 12.2. The van der Waals surface area contributed by atoms with Gasteiger partial charge in [0, 0.05) is 19.5 Å². The molecule has 2 rings (SSSR count). The molecule has 0 unspecified atom stereocenters. The predicted octanol–water partition coefficient (Wildman–Crippen LogP) is 5.81. The number of hydrogen-bond donors (Lipinski definition) is 0. The Morgan fingerprint density at radius 3 is 2.35 bits per heavy atom. The lowest BCUT2D eigenvalue weighted by atomic mass is 10.1. The maximum Gasteiger partial charge on any atom is 0.203 e. The third kappa shape index (κ3) is 3.12. The second-order valence-corrected chi connectivity index (χ2v) is 7.08. The van der Waals surface area contributed by atoms with Gasteiger partial charge in [0.1, 0.15) is 4.34 Å². The fraction of sp³-hybridized carbons (Fsp3) is 0. The van der Waals surface area contributed by atoms with Crippen LogP contribution in [0.25, 0.3) is 0 Å². The lowest BCUT2D eigenvalue weighted by Crippen LogP contribution is -1.98. The first-order valence-corrected chi connectivity index (χ1v) is 7.59. The van der Waals surface area contributed by atoms with E-state index in [-0.39, 0.29) is 5.78 Å². The van der Waals surface area contributed by atoms with Gasteiger partial charge in [-0.15, -0.1) is 11.3 Å². The second kappa shape index (κ2) is 5.41. The van der Waals surface area contributed by atoms with Gasteiger partial charge in [-0.3, -0.25) is 4.79 Å². The van der Waals surface area contributed by atoms with Crippen LogP contribution in [0.5, 0.6) is 0 Å². The van der Waals surface area contributed by atoms with Gasteiger partial charge in [-0.2, -0.15) is 0 Å². The average molecular weight is 415 g/mol. The molecule has 2 aromatic rings. The first kappa shape index (κ1) is 13.6. The molecule has 88 valence electrons. The molecule has 0 spiro atoms. The number of carbonyl (C=O) groups is 1. The Morgan fingerprint density at radius 1 is 1.12 bits per heavy atom. The van der Waals surface area contributed by atoms with Crippen LogP contribution in [0, 0.1) is 0 Å². The van der Waals surface area contributed by atoms with Crippen LogP contribution in [0.3, 0.4) is 0 Å². The molecular formula is C11H4Br2Cl2OS. The highest BCUT2D eigenvalue weighted by molar-refractivity contribution is 9.10. The van der Waals surface area contributed by atoms with Gasteiger partial charge < -0.3 is 0 Å². The standard InChI is InChI=1S/C11H4Br2Cl2OS/c12-6-1-5(2-7(14)3-6)10(16)9-4-8(13)11(15)17-9/h1-4H. The summed E-state index contributed by atoms with van der Waals surface area (Å²) < 4.78 is 2.07. The summed E-state index contributed by atoms with van der Waals surface area (Å²) >= 11 is 19.6. The quantitative estimate of drug-likeness (QED) is 0.566. The Morgan fingerprint density at radius 2 is 1.82 bits per heavy atom. The molecule has 0 aliphatic heterocycles.